The van der Waals surface area contributed by atoms with Gasteiger partial charge in [0, 0.05) is 16.7 Å². The highest BCUT2D eigenvalue weighted by Crippen LogP contribution is 2.36. The monoisotopic (exact) mass is 297 g/mol. The van der Waals surface area contributed by atoms with E-state index in [9.17, 15) is 14.5 Å². The number of benzene rings is 1. The maximum atomic E-state index is 13.9. The van der Waals surface area contributed by atoms with Gasteiger partial charge in [-0.1, -0.05) is 11.6 Å². The van der Waals surface area contributed by atoms with Gasteiger partial charge in [-0.25, -0.2) is 4.39 Å². The maximum Gasteiger partial charge on any atom is 0.312 e. The van der Waals surface area contributed by atoms with Crippen molar-refractivity contribution in [2.45, 2.75) is 0 Å². The van der Waals surface area contributed by atoms with Gasteiger partial charge in [-0.2, -0.15) is 4.98 Å². The van der Waals surface area contributed by atoms with E-state index in [0.717, 1.165) is 12.1 Å². The van der Waals surface area contributed by atoms with Gasteiger partial charge in [0.05, 0.1) is 17.6 Å². The number of rotatable bonds is 3. The van der Waals surface area contributed by atoms with E-state index in [2.05, 4.69) is 4.98 Å². The third-order valence-electron chi connectivity index (χ3n) is 2.60. The van der Waals surface area contributed by atoms with Gasteiger partial charge in [0.2, 0.25) is 11.7 Å². The Morgan fingerprint density at radius 1 is 1.40 bits per heavy atom. The van der Waals surface area contributed by atoms with Crippen molar-refractivity contribution in [3.63, 3.8) is 0 Å². The Bertz CT molecular complexity index is 694. The largest absolute Gasteiger partial charge is 0.480 e. The number of halogens is 2. The Morgan fingerprint density at radius 3 is 2.70 bits per heavy atom. The molecule has 1 heterocycles. The zero-order chi connectivity index (χ0) is 14.9. The number of methoxy groups -OCH3 is 1. The second-order valence-electron chi connectivity index (χ2n) is 3.83. The van der Waals surface area contributed by atoms with E-state index < -0.39 is 16.4 Å². The van der Waals surface area contributed by atoms with Gasteiger partial charge >= 0.3 is 5.69 Å². The molecule has 0 atom stereocenters. The van der Waals surface area contributed by atoms with E-state index in [1.807, 2.05) is 0 Å². The smallest absolute Gasteiger partial charge is 0.312 e. The standard InChI is InChI=1S/C12H9ClFN3O3/c1-20-12-8(5-10(17(18)19)11(15)16-12)7-4-6(13)2-3-9(7)14/h2-5H,1H3,(H2,15,16). The quantitative estimate of drug-likeness (QED) is 0.694. The molecule has 1 aromatic carbocycles. The van der Waals surface area contributed by atoms with Crippen LogP contribution in [-0.2, 0) is 0 Å². The summed E-state index contributed by atoms with van der Waals surface area (Å²) < 4.78 is 18.8. The molecule has 0 fully saturated rings. The molecular formula is C12H9ClFN3O3. The van der Waals surface area contributed by atoms with Crippen molar-refractivity contribution in [2.24, 2.45) is 0 Å². The normalized spacial score (nSPS) is 10.3. The van der Waals surface area contributed by atoms with Gasteiger partial charge in [0.15, 0.2) is 0 Å². The van der Waals surface area contributed by atoms with Gasteiger partial charge in [-0.15, -0.1) is 0 Å². The van der Waals surface area contributed by atoms with Crippen molar-refractivity contribution in [2.75, 3.05) is 12.8 Å². The van der Waals surface area contributed by atoms with Crippen molar-refractivity contribution in [3.05, 3.63) is 45.2 Å². The first-order chi connectivity index (χ1) is 9.43. The first-order valence-electron chi connectivity index (χ1n) is 5.38. The molecule has 0 unspecified atom stereocenters. The first kappa shape index (κ1) is 14.0. The minimum Gasteiger partial charge on any atom is -0.480 e. The van der Waals surface area contributed by atoms with Crippen molar-refractivity contribution in [3.8, 4) is 17.0 Å². The molecular weight excluding hydrogens is 289 g/mol. The molecule has 0 spiro atoms. The Hall–Kier alpha value is -2.41. The highest BCUT2D eigenvalue weighted by Gasteiger charge is 2.21. The average Bonchev–Trinajstić information content (AvgIpc) is 2.41. The molecule has 0 amide bonds. The lowest BCUT2D eigenvalue weighted by Gasteiger charge is -2.10. The van der Waals surface area contributed by atoms with Gasteiger partial charge in [0.1, 0.15) is 5.82 Å². The first-order valence-corrected chi connectivity index (χ1v) is 5.76. The molecule has 0 aliphatic heterocycles. The fraction of sp³-hybridized carbons (Fsp3) is 0.0833. The molecule has 8 heteroatoms. The summed E-state index contributed by atoms with van der Waals surface area (Å²) in [5.74, 6) is -0.930. The average molecular weight is 298 g/mol. The molecule has 0 aliphatic rings. The molecule has 2 aromatic rings. The van der Waals surface area contributed by atoms with E-state index in [1.165, 1.54) is 19.2 Å². The number of pyridine rings is 1. The molecule has 0 aliphatic carbocycles. The molecule has 1 aromatic heterocycles. The SMILES string of the molecule is COc1nc(N)c([N+](=O)[O-])cc1-c1cc(Cl)ccc1F. The lowest BCUT2D eigenvalue weighted by Crippen LogP contribution is -2.02. The van der Waals surface area contributed by atoms with E-state index in [0.29, 0.717) is 0 Å². The van der Waals surface area contributed by atoms with Gasteiger partial charge < -0.3 is 10.5 Å². The zero-order valence-corrected chi connectivity index (χ0v) is 11.0. The molecule has 20 heavy (non-hydrogen) atoms. The third-order valence-corrected chi connectivity index (χ3v) is 2.84. The van der Waals surface area contributed by atoms with Crippen LogP contribution in [0.2, 0.25) is 5.02 Å². The molecule has 104 valence electrons. The van der Waals surface area contributed by atoms with Crippen LogP contribution in [0.4, 0.5) is 15.9 Å². The zero-order valence-electron chi connectivity index (χ0n) is 10.3. The number of hydrogen-bond acceptors (Lipinski definition) is 5. The number of ether oxygens (including phenoxy) is 1. The highest BCUT2D eigenvalue weighted by molar-refractivity contribution is 6.30. The van der Waals surface area contributed by atoms with Crippen molar-refractivity contribution >= 4 is 23.1 Å². The highest BCUT2D eigenvalue weighted by atomic mass is 35.5. The molecule has 0 saturated carbocycles. The summed E-state index contributed by atoms with van der Waals surface area (Å²) in [6, 6.07) is 4.96. The van der Waals surface area contributed by atoms with E-state index in [4.69, 9.17) is 22.1 Å². The van der Waals surface area contributed by atoms with Crippen LogP contribution in [0.3, 0.4) is 0 Å². The van der Waals surface area contributed by atoms with Gasteiger partial charge in [-0.05, 0) is 18.2 Å². The number of nitrogens with zero attached hydrogens (tertiary/aromatic N) is 2. The van der Waals surface area contributed by atoms with E-state index >= 15 is 0 Å². The predicted octanol–water partition coefficient (Wildman–Crippen LogP) is 3.04. The molecule has 0 radical (unpaired) electrons. The second-order valence-corrected chi connectivity index (χ2v) is 4.27. The maximum absolute atomic E-state index is 13.9. The summed E-state index contributed by atoms with van der Waals surface area (Å²) in [6.45, 7) is 0. The van der Waals surface area contributed by atoms with Crippen LogP contribution in [0.25, 0.3) is 11.1 Å². The topological polar surface area (TPSA) is 91.3 Å². The van der Waals surface area contributed by atoms with Gasteiger partial charge in [-0.3, -0.25) is 10.1 Å². The second kappa shape index (κ2) is 5.30. The van der Waals surface area contributed by atoms with Crippen LogP contribution in [0.1, 0.15) is 0 Å². The number of nitrogen functional groups attached to an aromatic ring is 1. The Labute approximate surface area is 118 Å². The summed E-state index contributed by atoms with van der Waals surface area (Å²) >= 11 is 5.81. The number of aromatic nitrogens is 1. The molecule has 2 N–H and O–H groups in total. The van der Waals surface area contributed by atoms with Crippen LogP contribution >= 0.6 is 11.6 Å². The van der Waals surface area contributed by atoms with Crippen LogP contribution in [0.15, 0.2) is 24.3 Å². The lowest BCUT2D eigenvalue weighted by molar-refractivity contribution is -0.384. The number of hydrogen-bond donors (Lipinski definition) is 1. The fourth-order valence-corrected chi connectivity index (χ4v) is 1.87. The van der Waals surface area contributed by atoms with Crippen LogP contribution in [0, 0.1) is 15.9 Å². The van der Waals surface area contributed by atoms with Crippen molar-refractivity contribution < 1.29 is 14.1 Å². The van der Waals surface area contributed by atoms with Crippen LogP contribution in [0.5, 0.6) is 5.88 Å². The van der Waals surface area contributed by atoms with E-state index in [1.54, 1.807) is 0 Å². The molecule has 2 rings (SSSR count). The molecule has 0 saturated heterocycles. The Kier molecular flexibility index (Phi) is 3.71. The number of nitrogens with two attached hydrogens (primary N) is 1. The minimum absolute atomic E-state index is 0.0192. The Morgan fingerprint density at radius 2 is 2.10 bits per heavy atom. The predicted molar refractivity (Wildman–Crippen MR) is 72.3 cm³/mol. The van der Waals surface area contributed by atoms with Crippen molar-refractivity contribution in [1.29, 1.82) is 0 Å². The van der Waals surface area contributed by atoms with Gasteiger partial charge in [0.25, 0.3) is 0 Å². The lowest BCUT2D eigenvalue weighted by atomic mass is 10.1. The third kappa shape index (κ3) is 2.48. The summed E-state index contributed by atoms with van der Waals surface area (Å²) in [4.78, 5) is 13.9. The number of nitro groups is 1. The van der Waals surface area contributed by atoms with Crippen LogP contribution in [-0.4, -0.2) is 17.0 Å². The molecule has 0 bridgehead atoms. The minimum atomic E-state index is -0.701. The van der Waals surface area contributed by atoms with Crippen LogP contribution < -0.4 is 10.5 Å². The summed E-state index contributed by atoms with van der Waals surface area (Å²) in [5, 5.41) is 11.2. The summed E-state index contributed by atoms with van der Waals surface area (Å²) in [5.41, 5.74) is 5.18. The number of anilines is 1. The fourth-order valence-electron chi connectivity index (χ4n) is 1.70. The summed E-state index contributed by atoms with van der Waals surface area (Å²) in [7, 11) is 1.31. The molecule has 6 nitrogen and oxygen atoms in total. The van der Waals surface area contributed by atoms with E-state index in [-0.39, 0.29) is 27.8 Å². The Balaban J connectivity index is 2.74. The summed E-state index contributed by atoms with van der Waals surface area (Å²) in [6.07, 6.45) is 0. The van der Waals surface area contributed by atoms with Crippen molar-refractivity contribution in [1.82, 2.24) is 4.98 Å².